The number of hydrogen-bond donors (Lipinski definition) is 3. The van der Waals surface area contributed by atoms with E-state index in [2.05, 4.69) is 42.1 Å². The van der Waals surface area contributed by atoms with Crippen molar-refractivity contribution in [1.29, 1.82) is 0 Å². The second kappa shape index (κ2) is 8.56. The van der Waals surface area contributed by atoms with Gasteiger partial charge >= 0.3 is 5.69 Å². The number of nitro groups is 1. The minimum absolute atomic E-state index is 0.226. The molecule has 1 amide bonds. The van der Waals surface area contributed by atoms with Crippen LogP contribution >= 0.6 is 15.9 Å². The van der Waals surface area contributed by atoms with Crippen LogP contribution in [-0.4, -0.2) is 20.8 Å². The first kappa shape index (κ1) is 20.1. The molecular formula is C17H11BrF2N6O3. The molecule has 0 aliphatic rings. The van der Waals surface area contributed by atoms with Gasteiger partial charge in [0, 0.05) is 10.5 Å². The van der Waals surface area contributed by atoms with E-state index in [1.54, 1.807) is 24.3 Å². The molecule has 0 radical (unpaired) electrons. The smallest absolute Gasteiger partial charge is 0.332 e. The molecule has 3 rings (SSSR count). The van der Waals surface area contributed by atoms with E-state index in [1.165, 1.54) is 0 Å². The number of anilines is 3. The van der Waals surface area contributed by atoms with Gasteiger partial charge in [0.25, 0.3) is 5.91 Å². The number of hydrogen-bond acceptors (Lipinski definition) is 7. The zero-order valence-corrected chi connectivity index (χ0v) is 15.9. The quantitative estimate of drug-likeness (QED) is 0.373. The van der Waals surface area contributed by atoms with Crippen molar-refractivity contribution in [2.45, 2.75) is 0 Å². The normalized spacial score (nSPS) is 10.3. The summed E-state index contributed by atoms with van der Waals surface area (Å²) in [6.07, 6.45) is 0.976. The summed E-state index contributed by atoms with van der Waals surface area (Å²) in [6, 6.07) is 9.23. The van der Waals surface area contributed by atoms with Gasteiger partial charge in [-0.1, -0.05) is 12.1 Å². The average molecular weight is 465 g/mol. The molecule has 0 fully saturated rings. The van der Waals surface area contributed by atoms with E-state index in [-0.39, 0.29) is 22.9 Å². The molecule has 0 bridgehead atoms. The number of carbonyl (C=O) groups excluding carboxylic acids is 1. The van der Waals surface area contributed by atoms with Gasteiger partial charge in [-0.2, -0.15) is 0 Å². The van der Waals surface area contributed by atoms with Crippen molar-refractivity contribution >= 4 is 44.8 Å². The van der Waals surface area contributed by atoms with Gasteiger partial charge in [0.05, 0.1) is 16.2 Å². The van der Waals surface area contributed by atoms with Crippen LogP contribution in [0.15, 0.2) is 53.3 Å². The van der Waals surface area contributed by atoms with Gasteiger partial charge < -0.3 is 5.32 Å². The summed E-state index contributed by atoms with van der Waals surface area (Å²) < 4.78 is 27.4. The van der Waals surface area contributed by atoms with Crippen molar-refractivity contribution in [1.82, 2.24) is 15.4 Å². The van der Waals surface area contributed by atoms with Crippen LogP contribution in [-0.2, 0) is 0 Å². The molecule has 1 heterocycles. The average Bonchev–Trinajstić information content (AvgIpc) is 2.68. The molecule has 2 aromatic carbocycles. The highest BCUT2D eigenvalue weighted by atomic mass is 79.9. The van der Waals surface area contributed by atoms with Crippen LogP contribution in [0, 0.1) is 21.7 Å². The molecule has 0 saturated carbocycles. The first-order chi connectivity index (χ1) is 13.9. The maximum Gasteiger partial charge on any atom is 0.355 e. The Labute approximate surface area is 170 Å². The molecule has 148 valence electrons. The highest BCUT2D eigenvalue weighted by Gasteiger charge is 2.24. The summed E-state index contributed by atoms with van der Waals surface area (Å²) in [5.41, 5.74) is 4.07. The lowest BCUT2D eigenvalue weighted by molar-refractivity contribution is -0.383. The van der Waals surface area contributed by atoms with Crippen molar-refractivity contribution in [3.8, 4) is 0 Å². The highest BCUT2D eigenvalue weighted by Crippen LogP contribution is 2.31. The van der Waals surface area contributed by atoms with Crippen molar-refractivity contribution in [3.63, 3.8) is 0 Å². The Balaban J connectivity index is 1.86. The van der Waals surface area contributed by atoms with Gasteiger partial charge in [0.1, 0.15) is 18.0 Å². The molecule has 0 aliphatic heterocycles. The number of hydrazine groups is 1. The number of benzene rings is 2. The van der Waals surface area contributed by atoms with Gasteiger partial charge in [-0.05, 0) is 40.2 Å². The Morgan fingerprint density at radius 3 is 2.52 bits per heavy atom. The van der Waals surface area contributed by atoms with Crippen LogP contribution in [0.1, 0.15) is 10.4 Å². The third-order valence-electron chi connectivity index (χ3n) is 3.60. The van der Waals surface area contributed by atoms with Crippen molar-refractivity contribution in [3.05, 3.63) is 80.6 Å². The molecule has 12 heteroatoms. The molecule has 1 aromatic heterocycles. The Hall–Kier alpha value is -3.67. The van der Waals surface area contributed by atoms with E-state index in [9.17, 15) is 23.7 Å². The molecule has 0 aliphatic carbocycles. The first-order valence-corrected chi connectivity index (χ1v) is 8.68. The van der Waals surface area contributed by atoms with Crippen molar-refractivity contribution in [2.75, 3.05) is 10.7 Å². The van der Waals surface area contributed by atoms with E-state index in [4.69, 9.17) is 0 Å². The van der Waals surface area contributed by atoms with Crippen LogP contribution in [0.4, 0.5) is 31.8 Å². The summed E-state index contributed by atoms with van der Waals surface area (Å²) in [7, 11) is 0. The molecule has 0 spiro atoms. The molecule has 3 N–H and O–H groups in total. The fourth-order valence-corrected chi connectivity index (χ4v) is 2.75. The standard InChI is InChI=1S/C17H11BrF2N6O3/c18-11-4-2-1-3-10(11)17(27)25-24-16-14(26(28)29)15(21-8-22-16)23-13-6-5-9(19)7-12(13)20/h1-8H,(H,25,27)(H2,21,22,23,24). The first-order valence-electron chi connectivity index (χ1n) is 7.89. The second-order valence-electron chi connectivity index (χ2n) is 5.48. The van der Waals surface area contributed by atoms with Crippen LogP contribution in [0.25, 0.3) is 0 Å². The number of aromatic nitrogens is 2. The van der Waals surface area contributed by atoms with Crippen molar-refractivity contribution in [2.24, 2.45) is 0 Å². The molecule has 3 aromatic rings. The SMILES string of the molecule is O=C(NNc1ncnc(Nc2ccc(F)cc2F)c1[N+](=O)[O-])c1ccccc1Br. The van der Waals surface area contributed by atoms with Crippen LogP contribution in [0.3, 0.4) is 0 Å². The number of rotatable bonds is 6. The fraction of sp³-hybridized carbons (Fsp3) is 0. The minimum atomic E-state index is -0.963. The number of amides is 1. The van der Waals surface area contributed by atoms with E-state index in [1.807, 2.05) is 0 Å². The monoisotopic (exact) mass is 464 g/mol. The van der Waals surface area contributed by atoms with E-state index in [0.717, 1.165) is 18.5 Å². The molecular weight excluding hydrogens is 454 g/mol. The summed E-state index contributed by atoms with van der Waals surface area (Å²) in [6.45, 7) is 0. The third kappa shape index (κ3) is 4.60. The minimum Gasteiger partial charge on any atom is -0.332 e. The maximum absolute atomic E-state index is 13.9. The maximum atomic E-state index is 13.9. The molecule has 0 saturated heterocycles. The predicted octanol–water partition coefficient (Wildman–Crippen LogP) is 3.93. The molecule has 0 unspecified atom stereocenters. The zero-order chi connectivity index (χ0) is 21.0. The third-order valence-corrected chi connectivity index (χ3v) is 4.29. The van der Waals surface area contributed by atoms with E-state index in [0.29, 0.717) is 10.5 Å². The van der Waals surface area contributed by atoms with Gasteiger partial charge in [-0.3, -0.25) is 25.8 Å². The van der Waals surface area contributed by atoms with Crippen LogP contribution < -0.4 is 16.2 Å². The lowest BCUT2D eigenvalue weighted by atomic mass is 10.2. The van der Waals surface area contributed by atoms with E-state index < -0.39 is 28.2 Å². The lowest BCUT2D eigenvalue weighted by Crippen LogP contribution is -2.30. The molecule has 29 heavy (non-hydrogen) atoms. The highest BCUT2D eigenvalue weighted by molar-refractivity contribution is 9.10. The Kier molecular flexibility index (Phi) is 5.93. The van der Waals surface area contributed by atoms with Crippen molar-refractivity contribution < 1.29 is 18.5 Å². The summed E-state index contributed by atoms with van der Waals surface area (Å²) in [5.74, 6) is -3.04. The van der Waals surface area contributed by atoms with Crippen LogP contribution in [0.5, 0.6) is 0 Å². The second-order valence-corrected chi connectivity index (χ2v) is 6.34. The summed E-state index contributed by atoms with van der Waals surface area (Å²) >= 11 is 3.23. The number of halogens is 3. The van der Waals surface area contributed by atoms with Gasteiger partial charge in [0.2, 0.25) is 11.6 Å². The lowest BCUT2D eigenvalue weighted by Gasteiger charge is -2.11. The zero-order valence-electron chi connectivity index (χ0n) is 14.3. The van der Waals surface area contributed by atoms with Gasteiger partial charge in [-0.25, -0.2) is 18.7 Å². The number of nitrogens with one attached hydrogen (secondary N) is 3. The largest absolute Gasteiger partial charge is 0.355 e. The fourth-order valence-electron chi connectivity index (χ4n) is 2.28. The number of nitrogens with zero attached hydrogens (tertiary/aromatic N) is 3. The predicted molar refractivity (Wildman–Crippen MR) is 104 cm³/mol. The summed E-state index contributed by atoms with van der Waals surface area (Å²) in [4.78, 5) is 30.4. The van der Waals surface area contributed by atoms with Gasteiger partial charge in [-0.15, -0.1) is 0 Å². The Bertz CT molecular complexity index is 1100. The topological polar surface area (TPSA) is 122 Å². The molecule has 0 atom stereocenters. The van der Waals surface area contributed by atoms with Crippen LogP contribution in [0.2, 0.25) is 0 Å². The summed E-state index contributed by atoms with van der Waals surface area (Å²) in [5, 5.41) is 13.9. The van der Waals surface area contributed by atoms with Gasteiger partial charge in [0.15, 0.2) is 0 Å². The Morgan fingerprint density at radius 2 is 1.83 bits per heavy atom. The number of carbonyl (C=O) groups is 1. The van der Waals surface area contributed by atoms with E-state index >= 15 is 0 Å². The molecule has 9 nitrogen and oxygen atoms in total. The Morgan fingerprint density at radius 1 is 1.10 bits per heavy atom.